The maximum atomic E-state index is 12.3. The molecule has 0 bridgehead atoms. The normalized spacial score (nSPS) is 10.6. The number of halogens is 1. The van der Waals surface area contributed by atoms with Crippen LogP contribution in [0.4, 0.5) is 5.69 Å². The standard InChI is InChI=1S/C15H11ClN2O2S/c1-20-12-5-3-2-4-10(12)17-14(19)15-18-11-8-9(16)6-7-13(11)21-15/h2-8H,1H3,(H,17,19). The monoisotopic (exact) mass is 318 g/mol. The molecular formula is C15H11ClN2O2S. The topological polar surface area (TPSA) is 51.2 Å². The fourth-order valence-corrected chi connectivity index (χ4v) is 2.93. The van der Waals surface area contributed by atoms with E-state index in [0.717, 1.165) is 10.2 Å². The highest BCUT2D eigenvalue weighted by Crippen LogP contribution is 2.27. The third-order valence-electron chi connectivity index (χ3n) is 2.90. The van der Waals surface area contributed by atoms with E-state index >= 15 is 0 Å². The minimum atomic E-state index is -0.267. The van der Waals surface area contributed by atoms with Gasteiger partial charge in [-0.2, -0.15) is 0 Å². The van der Waals surface area contributed by atoms with Crippen LogP contribution in [-0.4, -0.2) is 18.0 Å². The van der Waals surface area contributed by atoms with Crippen molar-refractivity contribution in [2.75, 3.05) is 12.4 Å². The van der Waals surface area contributed by atoms with Crippen LogP contribution in [0.25, 0.3) is 10.2 Å². The van der Waals surface area contributed by atoms with E-state index in [4.69, 9.17) is 16.3 Å². The summed E-state index contributed by atoms with van der Waals surface area (Å²) in [5, 5.41) is 3.79. The number of ether oxygens (including phenoxy) is 1. The Hall–Kier alpha value is -2.11. The molecule has 4 nitrogen and oxygen atoms in total. The van der Waals surface area contributed by atoms with Gasteiger partial charge < -0.3 is 10.1 Å². The van der Waals surface area contributed by atoms with Crippen LogP contribution in [-0.2, 0) is 0 Å². The van der Waals surface area contributed by atoms with E-state index in [1.54, 1.807) is 31.4 Å². The van der Waals surface area contributed by atoms with E-state index in [1.165, 1.54) is 11.3 Å². The van der Waals surface area contributed by atoms with Crippen molar-refractivity contribution in [2.24, 2.45) is 0 Å². The van der Waals surface area contributed by atoms with E-state index in [-0.39, 0.29) is 5.91 Å². The molecule has 106 valence electrons. The van der Waals surface area contributed by atoms with Crippen LogP contribution in [0.1, 0.15) is 9.80 Å². The van der Waals surface area contributed by atoms with Crippen molar-refractivity contribution in [2.45, 2.75) is 0 Å². The molecule has 0 aliphatic rings. The molecule has 0 aliphatic heterocycles. The summed E-state index contributed by atoms with van der Waals surface area (Å²) < 4.78 is 6.13. The number of nitrogens with one attached hydrogen (secondary N) is 1. The first-order valence-electron chi connectivity index (χ1n) is 6.18. The number of rotatable bonds is 3. The van der Waals surface area contributed by atoms with Gasteiger partial charge in [0.1, 0.15) is 5.75 Å². The number of thiazole rings is 1. The number of para-hydroxylation sites is 2. The van der Waals surface area contributed by atoms with E-state index in [9.17, 15) is 4.79 Å². The molecule has 0 saturated carbocycles. The van der Waals surface area contributed by atoms with Crippen LogP contribution < -0.4 is 10.1 Å². The van der Waals surface area contributed by atoms with Gasteiger partial charge in [-0.15, -0.1) is 11.3 Å². The summed E-state index contributed by atoms with van der Waals surface area (Å²) in [6.45, 7) is 0. The molecule has 2 aromatic carbocycles. The maximum Gasteiger partial charge on any atom is 0.284 e. The van der Waals surface area contributed by atoms with Crippen molar-refractivity contribution in [3.05, 3.63) is 52.5 Å². The molecule has 0 fully saturated rings. The van der Waals surface area contributed by atoms with Crippen LogP contribution in [0.3, 0.4) is 0 Å². The van der Waals surface area contributed by atoms with Gasteiger partial charge >= 0.3 is 0 Å². The first kappa shape index (κ1) is 13.9. The van der Waals surface area contributed by atoms with Gasteiger partial charge in [-0.3, -0.25) is 4.79 Å². The molecule has 1 aromatic heterocycles. The number of methoxy groups -OCH3 is 1. The Morgan fingerprint density at radius 1 is 1.29 bits per heavy atom. The van der Waals surface area contributed by atoms with Gasteiger partial charge in [0.15, 0.2) is 5.01 Å². The average molecular weight is 319 g/mol. The van der Waals surface area contributed by atoms with E-state index in [2.05, 4.69) is 10.3 Å². The number of anilines is 1. The van der Waals surface area contributed by atoms with Gasteiger partial charge in [0.25, 0.3) is 5.91 Å². The van der Waals surface area contributed by atoms with Gasteiger partial charge in [0.2, 0.25) is 0 Å². The Morgan fingerprint density at radius 2 is 2.10 bits per heavy atom. The van der Waals surface area contributed by atoms with Gasteiger partial charge in [-0.1, -0.05) is 23.7 Å². The lowest BCUT2D eigenvalue weighted by Gasteiger charge is -2.08. The molecule has 0 saturated heterocycles. The fourth-order valence-electron chi connectivity index (χ4n) is 1.92. The molecule has 3 rings (SSSR count). The summed E-state index contributed by atoms with van der Waals surface area (Å²) in [6.07, 6.45) is 0. The molecule has 0 aliphatic carbocycles. The van der Waals surface area contributed by atoms with Crippen LogP contribution >= 0.6 is 22.9 Å². The number of fused-ring (bicyclic) bond motifs is 1. The summed E-state index contributed by atoms with van der Waals surface area (Å²) in [6, 6.07) is 12.6. The zero-order valence-corrected chi connectivity index (χ0v) is 12.7. The van der Waals surface area contributed by atoms with Crippen LogP contribution in [0.2, 0.25) is 5.02 Å². The smallest absolute Gasteiger partial charge is 0.284 e. The number of carbonyl (C=O) groups is 1. The lowest BCUT2D eigenvalue weighted by Crippen LogP contribution is -2.12. The van der Waals surface area contributed by atoms with Gasteiger partial charge in [-0.05, 0) is 30.3 Å². The Bertz CT molecular complexity index is 816. The van der Waals surface area contributed by atoms with E-state index in [1.807, 2.05) is 18.2 Å². The molecule has 0 atom stereocenters. The second kappa shape index (κ2) is 5.71. The minimum absolute atomic E-state index is 0.267. The second-order valence-electron chi connectivity index (χ2n) is 4.29. The van der Waals surface area contributed by atoms with Gasteiger partial charge in [-0.25, -0.2) is 4.98 Å². The largest absolute Gasteiger partial charge is 0.495 e. The average Bonchev–Trinajstić information content (AvgIpc) is 2.91. The summed E-state index contributed by atoms with van der Waals surface area (Å²) in [7, 11) is 1.56. The Balaban J connectivity index is 1.90. The molecule has 21 heavy (non-hydrogen) atoms. The van der Waals surface area contributed by atoms with Gasteiger partial charge in [0, 0.05) is 5.02 Å². The molecule has 0 unspecified atom stereocenters. The first-order chi connectivity index (χ1) is 10.2. The van der Waals surface area contributed by atoms with Gasteiger partial charge in [0.05, 0.1) is 23.0 Å². The highest BCUT2D eigenvalue weighted by molar-refractivity contribution is 7.20. The summed E-state index contributed by atoms with van der Waals surface area (Å²) in [5.74, 6) is 0.340. The first-order valence-corrected chi connectivity index (χ1v) is 7.37. The number of aromatic nitrogens is 1. The van der Waals surface area contributed by atoms with Crippen molar-refractivity contribution < 1.29 is 9.53 Å². The van der Waals surface area contributed by atoms with E-state index < -0.39 is 0 Å². The molecular weight excluding hydrogens is 308 g/mol. The van der Waals surface area contributed by atoms with Crippen molar-refractivity contribution in [3.63, 3.8) is 0 Å². The zero-order chi connectivity index (χ0) is 14.8. The number of carbonyl (C=O) groups excluding carboxylic acids is 1. The number of benzene rings is 2. The fraction of sp³-hybridized carbons (Fsp3) is 0.0667. The number of amides is 1. The van der Waals surface area contributed by atoms with Crippen LogP contribution in [0.15, 0.2) is 42.5 Å². The summed E-state index contributed by atoms with van der Waals surface area (Å²) >= 11 is 7.25. The highest BCUT2D eigenvalue weighted by Gasteiger charge is 2.14. The molecule has 1 heterocycles. The molecule has 3 aromatic rings. The minimum Gasteiger partial charge on any atom is -0.495 e. The molecule has 0 spiro atoms. The maximum absolute atomic E-state index is 12.3. The van der Waals surface area contributed by atoms with Crippen LogP contribution in [0, 0.1) is 0 Å². The number of nitrogens with zero attached hydrogens (tertiary/aromatic N) is 1. The number of hydrogen-bond acceptors (Lipinski definition) is 4. The third-order valence-corrected chi connectivity index (χ3v) is 4.17. The number of hydrogen-bond donors (Lipinski definition) is 1. The van der Waals surface area contributed by atoms with E-state index in [0.29, 0.717) is 21.5 Å². The molecule has 6 heteroatoms. The molecule has 0 radical (unpaired) electrons. The third kappa shape index (κ3) is 2.84. The Labute approximate surface area is 130 Å². The predicted octanol–water partition coefficient (Wildman–Crippen LogP) is 4.21. The molecule has 1 N–H and O–H groups in total. The lowest BCUT2D eigenvalue weighted by molar-refractivity contribution is 0.102. The van der Waals surface area contributed by atoms with Crippen LogP contribution in [0.5, 0.6) is 5.75 Å². The summed E-state index contributed by atoms with van der Waals surface area (Å²) in [5.41, 5.74) is 1.33. The summed E-state index contributed by atoms with van der Waals surface area (Å²) in [4.78, 5) is 16.6. The highest BCUT2D eigenvalue weighted by atomic mass is 35.5. The van der Waals surface area contributed by atoms with Crippen molar-refractivity contribution >= 4 is 44.7 Å². The Kier molecular flexibility index (Phi) is 3.77. The Morgan fingerprint density at radius 3 is 2.90 bits per heavy atom. The zero-order valence-electron chi connectivity index (χ0n) is 11.1. The second-order valence-corrected chi connectivity index (χ2v) is 5.75. The quantitative estimate of drug-likeness (QED) is 0.787. The molecule has 1 amide bonds. The van der Waals surface area contributed by atoms with Crippen molar-refractivity contribution in [1.82, 2.24) is 4.98 Å². The SMILES string of the molecule is COc1ccccc1NC(=O)c1nc2cc(Cl)ccc2s1. The van der Waals surface area contributed by atoms with Crippen molar-refractivity contribution in [1.29, 1.82) is 0 Å². The predicted molar refractivity (Wildman–Crippen MR) is 85.6 cm³/mol. The lowest BCUT2D eigenvalue weighted by atomic mass is 10.3. The van der Waals surface area contributed by atoms with Crippen molar-refractivity contribution in [3.8, 4) is 5.75 Å².